The molecule has 2 aromatic heterocycles. The summed E-state index contributed by atoms with van der Waals surface area (Å²) in [4.78, 5) is 4.62. The molecule has 126 valence electrons. The van der Waals surface area contributed by atoms with Crippen LogP contribution >= 0.6 is 0 Å². The summed E-state index contributed by atoms with van der Waals surface area (Å²) in [5.74, 6) is 1.06. The van der Waals surface area contributed by atoms with Gasteiger partial charge in [-0.25, -0.2) is 0 Å². The Morgan fingerprint density at radius 3 is 2.96 bits per heavy atom. The van der Waals surface area contributed by atoms with E-state index in [-0.39, 0.29) is 0 Å². The lowest BCUT2D eigenvalue weighted by atomic mass is 9.80. The average Bonchev–Trinajstić information content (AvgIpc) is 3.34. The van der Waals surface area contributed by atoms with Crippen molar-refractivity contribution in [2.45, 2.75) is 31.7 Å². The molecular formula is C19H25N5. The highest BCUT2D eigenvalue weighted by Gasteiger charge is 2.31. The largest absolute Gasteiger partial charge is 0.388 e. The summed E-state index contributed by atoms with van der Waals surface area (Å²) >= 11 is 0. The second-order valence-electron chi connectivity index (χ2n) is 7.24. The van der Waals surface area contributed by atoms with Crippen LogP contribution in [-0.4, -0.2) is 27.8 Å². The summed E-state index contributed by atoms with van der Waals surface area (Å²) in [6, 6.07) is 4.66. The molecular weight excluding hydrogens is 298 g/mol. The van der Waals surface area contributed by atoms with Crippen LogP contribution in [0.1, 0.15) is 31.4 Å². The van der Waals surface area contributed by atoms with E-state index in [1.165, 1.54) is 0 Å². The summed E-state index contributed by atoms with van der Waals surface area (Å²) < 4.78 is 2.10. The SMILES string of the molecule is Cn1ccc2cnc(/C(=C/NC3CC(CN)C3)C(=N)C3CC3)cc21. The number of allylic oxidation sites excluding steroid dienone is 1. The summed E-state index contributed by atoms with van der Waals surface area (Å²) in [7, 11) is 2.04. The molecule has 5 heteroatoms. The number of nitrogens with two attached hydrogens (primary N) is 1. The molecule has 0 atom stereocenters. The quantitative estimate of drug-likeness (QED) is 0.715. The minimum atomic E-state index is 0.405. The Morgan fingerprint density at radius 2 is 2.25 bits per heavy atom. The third-order valence-electron chi connectivity index (χ3n) is 5.35. The molecule has 0 saturated heterocycles. The Kier molecular flexibility index (Phi) is 3.88. The lowest BCUT2D eigenvalue weighted by Crippen LogP contribution is -2.41. The van der Waals surface area contributed by atoms with Gasteiger partial charge in [0.2, 0.25) is 0 Å². The third-order valence-corrected chi connectivity index (χ3v) is 5.35. The van der Waals surface area contributed by atoms with Crippen molar-refractivity contribution in [2.24, 2.45) is 24.6 Å². The van der Waals surface area contributed by atoms with Crippen molar-refractivity contribution < 1.29 is 0 Å². The van der Waals surface area contributed by atoms with Crippen molar-refractivity contribution in [3.05, 3.63) is 36.4 Å². The van der Waals surface area contributed by atoms with Gasteiger partial charge < -0.3 is 21.0 Å². The molecule has 0 amide bonds. The number of fused-ring (bicyclic) bond motifs is 1. The Balaban J connectivity index is 1.61. The zero-order valence-electron chi connectivity index (χ0n) is 14.1. The standard InChI is InChI=1S/C19H25N5/c1-24-5-4-14-10-23-17(8-18(14)24)16(19(21)13-2-3-13)11-22-15-6-12(7-15)9-20/h4-5,8,10-13,15,21-22H,2-3,6-7,9,20H2,1H3/b16-11-,21-19?. The van der Waals surface area contributed by atoms with Crippen LogP contribution in [0.3, 0.4) is 0 Å². The van der Waals surface area contributed by atoms with Crippen molar-refractivity contribution in [3.8, 4) is 0 Å². The monoisotopic (exact) mass is 323 g/mol. The number of aryl methyl sites for hydroxylation is 1. The number of hydrogen-bond acceptors (Lipinski definition) is 4. The van der Waals surface area contributed by atoms with Gasteiger partial charge in [0.05, 0.1) is 11.2 Å². The molecule has 0 bridgehead atoms. The molecule has 0 unspecified atom stereocenters. The number of nitrogens with zero attached hydrogens (tertiary/aromatic N) is 2. The van der Waals surface area contributed by atoms with Crippen LogP contribution in [0.4, 0.5) is 0 Å². The van der Waals surface area contributed by atoms with Gasteiger partial charge in [-0.1, -0.05) is 0 Å². The molecule has 0 spiro atoms. The van der Waals surface area contributed by atoms with Crippen molar-refractivity contribution in [3.63, 3.8) is 0 Å². The van der Waals surface area contributed by atoms with E-state index in [0.717, 1.165) is 60.1 Å². The molecule has 2 saturated carbocycles. The Hall–Kier alpha value is -2.14. The van der Waals surface area contributed by atoms with E-state index in [0.29, 0.717) is 17.9 Å². The van der Waals surface area contributed by atoms with Gasteiger partial charge >= 0.3 is 0 Å². The van der Waals surface area contributed by atoms with E-state index in [4.69, 9.17) is 11.1 Å². The summed E-state index contributed by atoms with van der Waals surface area (Å²) in [6.45, 7) is 0.776. The lowest BCUT2D eigenvalue weighted by molar-refractivity contribution is 0.247. The van der Waals surface area contributed by atoms with E-state index >= 15 is 0 Å². The molecule has 5 nitrogen and oxygen atoms in total. The first kappa shape index (κ1) is 15.4. The van der Waals surface area contributed by atoms with Gasteiger partial charge in [0.1, 0.15) is 0 Å². The molecule has 4 N–H and O–H groups in total. The normalized spacial score (nSPS) is 24.0. The van der Waals surface area contributed by atoms with Crippen LogP contribution in [-0.2, 0) is 7.05 Å². The highest BCUT2D eigenvalue weighted by Crippen LogP contribution is 2.35. The Bertz CT molecular complexity index is 793. The smallest absolute Gasteiger partial charge is 0.0755 e. The molecule has 2 aliphatic rings. The number of nitrogens with one attached hydrogen (secondary N) is 2. The van der Waals surface area contributed by atoms with Crippen LogP contribution in [0.15, 0.2) is 30.7 Å². The van der Waals surface area contributed by atoms with E-state index in [2.05, 4.69) is 27.0 Å². The maximum absolute atomic E-state index is 8.55. The summed E-state index contributed by atoms with van der Waals surface area (Å²) in [5.41, 5.74) is 9.41. The Labute approximate surface area is 142 Å². The minimum Gasteiger partial charge on any atom is -0.388 e. The molecule has 4 rings (SSSR count). The van der Waals surface area contributed by atoms with Gasteiger partial charge in [-0.15, -0.1) is 0 Å². The van der Waals surface area contributed by atoms with Crippen molar-refractivity contribution >= 4 is 22.2 Å². The second-order valence-corrected chi connectivity index (χ2v) is 7.24. The molecule has 0 radical (unpaired) electrons. The fourth-order valence-corrected chi connectivity index (χ4v) is 3.46. The Morgan fingerprint density at radius 1 is 1.46 bits per heavy atom. The van der Waals surface area contributed by atoms with Gasteiger partial charge in [0.25, 0.3) is 0 Å². The predicted molar refractivity (Wildman–Crippen MR) is 97.8 cm³/mol. The average molecular weight is 323 g/mol. The maximum Gasteiger partial charge on any atom is 0.0755 e. The van der Waals surface area contributed by atoms with E-state index in [9.17, 15) is 0 Å². The van der Waals surface area contributed by atoms with E-state index < -0.39 is 0 Å². The van der Waals surface area contributed by atoms with Gasteiger partial charge in [-0.05, 0) is 50.3 Å². The van der Waals surface area contributed by atoms with Gasteiger partial charge in [-0.3, -0.25) is 4.98 Å². The number of pyridine rings is 1. The summed E-state index contributed by atoms with van der Waals surface area (Å²) in [6.07, 6.45) is 10.5. The lowest BCUT2D eigenvalue weighted by Gasteiger charge is -2.34. The number of rotatable bonds is 6. The molecule has 0 aliphatic heterocycles. The molecule has 2 aliphatic carbocycles. The second kappa shape index (κ2) is 6.06. The van der Waals surface area contributed by atoms with E-state index in [1.807, 2.05) is 25.6 Å². The third kappa shape index (κ3) is 2.84. The fraction of sp³-hybridized carbons (Fsp3) is 0.474. The van der Waals surface area contributed by atoms with Crippen molar-refractivity contribution in [2.75, 3.05) is 6.54 Å². The topological polar surface area (TPSA) is 79.7 Å². The van der Waals surface area contributed by atoms with Crippen molar-refractivity contribution in [1.82, 2.24) is 14.9 Å². The summed E-state index contributed by atoms with van der Waals surface area (Å²) in [5, 5.41) is 13.2. The zero-order valence-corrected chi connectivity index (χ0v) is 14.1. The highest BCUT2D eigenvalue weighted by atomic mass is 14.9. The van der Waals surface area contributed by atoms with Gasteiger partial charge in [0, 0.05) is 54.3 Å². The van der Waals surface area contributed by atoms with Crippen LogP contribution in [0, 0.1) is 17.2 Å². The van der Waals surface area contributed by atoms with Crippen molar-refractivity contribution in [1.29, 1.82) is 5.41 Å². The fourth-order valence-electron chi connectivity index (χ4n) is 3.46. The molecule has 2 aromatic rings. The first-order chi connectivity index (χ1) is 11.7. The zero-order chi connectivity index (χ0) is 16.7. The van der Waals surface area contributed by atoms with Crippen LogP contribution < -0.4 is 11.1 Å². The first-order valence-corrected chi connectivity index (χ1v) is 8.82. The number of hydrogen-bond donors (Lipinski definition) is 3. The van der Waals surface area contributed by atoms with Gasteiger partial charge in [-0.2, -0.15) is 0 Å². The molecule has 2 fully saturated rings. The molecule has 2 heterocycles. The van der Waals surface area contributed by atoms with Gasteiger partial charge in [0.15, 0.2) is 0 Å². The minimum absolute atomic E-state index is 0.405. The number of aromatic nitrogens is 2. The molecule has 0 aromatic carbocycles. The van der Waals surface area contributed by atoms with Crippen LogP contribution in [0.25, 0.3) is 16.5 Å². The highest BCUT2D eigenvalue weighted by molar-refractivity contribution is 6.23. The maximum atomic E-state index is 8.55. The van der Waals surface area contributed by atoms with E-state index in [1.54, 1.807) is 0 Å². The van der Waals surface area contributed by atoms with Crippen LogP contribution in [0.2, 0.25) is 0 Å². The molecule has 24 heavy (non-hydrogen) atoms. The first-order valence-electron chi connectivity index (χ1n) is 8.82. The predicted octanol–water partition coefficient (Wildman–Crippen LogP) is 2.67. The van der Waals surface area contributed by atoms with Crippen LogP contribution in [0.5, 0.6) is 0 Å².